The Bertz CT molecular complexity index is 1990. The topological polar surface area (TPSA) is 129 Å². The Balaban J connectivity index is 1.11. The van der Waals surface area contributed by atoms with Gasteiger partial charge in [-0.15, -0.1) is 0 Å². The van der Waals surface area contributed by atoms with Crippen molar-refractivity contribution < 1.29 is 36.9 Å². The molecule has 1 aromatic carbocycles. The molecule has 3 aliphatic rings. The van der Waals surface area contributed by atoms with Gasteiger partial charge in [0.05, 0.1) is 30.6 Å². The molecule has 11 nitrogen and oxygen atoms in total. The van der Waals surface area contributed by atoms with E-state index in [9.17, 15) is 18.0 Å². The van der Waals surface area contributed by atoms with Gasteiger partial charge in [-0.3, -0.25) is 9.78 Å². The Morgan fingerprint density at radius 1 is 0.944 bits per heavy atom. The van der Waals surface area contributed by atoms with Crippen molar-refractivity contribution in [3.05, 3.63) is 81.5 Å². The van der Waals surface area contributed by atoms with Crippen LogP contribution in [0.25, 0.3) is 22.5 Å². The number of carbonyl (C=O) groups excluding carboxylic acids is 1. The van der Waals surface area contributed by atoms with Crippen LogP contribution in [0.15, 0.2) is 48.7 Å². The summed E-state index contributed by atoms with van der Waals surface area (Å²) in [6.07, 6.45) is 0.248. The number of fused-ring (bicyclic) bond motifs is 1. The van der Waals surface area contributed by atoms with Gasteiger partial charge in [0.1, 0.15) is 11.7 Å². The summed E-state index contributed by atoms with van der Waals surface area (Å²) in [6.45, 7) is 2.50. The molecule has 0 spiro atoms. The molecule has 2 saturated heterocycles. The molecule has 7 rings (SSSR count). The van der Waals surface area contributed by atoms with Crippen molar-refractivity contribution >= 4 is 17.5 Å². The largest absolute Gasteiger partial charge is 0.481 e. The number of alkyl halides is 3. The van der Waals surface area contributed by atoms with Crippen molar-refractivity contribution in [2.45, 2.75) is 76.0 Å². The molecule has 4 aromatic rings. The Labute approximate surface area is 316 Å². The van der Waals surface area contributed by atoms with E-state index in [1.165, 1.54) is 7.11 Å². The standard InChI is InChI=1S/C39H42ClF3N6O5/c1-51-36-24(20-46-25-11-14-53-15-12-25)17-31(40)35(48-36)22-10-13-45-32(18-22)28-4-3-5-29-27(28)7-8-33(29)54-38-30(39(41,42)43)16-23(37(49-38)52-2)19-44-21-26-6-9-34(50)47-26/h3-5,10,13,16-18,25-26,33,44,46H,6-9,11-12,14-15,19-21H2,1-2H3,(H,47,50)/t26-,33+/m1/s1. The molecular formula is C39H42ClF3N6O5. The summed E-state index contributed by atoms with van der Waals surface area (Å²) in [5.74, 6) is -0.0804. The zero-order chi connectivity index (χ0) is 37.8. The van der Waals surface area contributed by atoms with E-state index in [1.54, 1.807) is 13.3 Å². The molecule has 0 unspecified atom stereocenters. The first kappa shape index (κ1) is 37.8. The van der Waals surface area contributed by atoms with E-state index in [1.807, 2.05) is 36.4 Å². The summed E-state index contributed by atoms with van der Waals surface area (Å²) in [6, 6.07) is 12.5. The van der Waals surface area contributed by atoms with Gasteiger partial charge in [0.25, 0.3) is 0 Å². The number of rotatable bonds is 13. The van der Waals surface area contributed by atoms with Crippen LogP contribution in [-0.4, -0.2) is 66.9 Å². The minimum Gasteiger partial charge on any atom is -0.481 e. The second-order valence-electron chi connectivity index (χ2n) is 13.6. The highest BCUT2D eigenvalue weighted by molar-refractivity contribution is 6.33. The number of aromatic nitrogens is 3. The van der Waals surface area contributed by atoms with Gasteiger partial charge in [-0.2, -0.15) is 18.2 Å². The SMILES string of the molecule is COc1nc(O[C@H]2CCc3c(-c4cc(-c5nc(OC)c(CNC6CCOCC6)cc5Cl)ccn4)cccc32)c(C(F)(F)F)cc1CNC[C@H]1CCC(=O)N1. The van der Waals surface area contributed by atoms with Crippen LogP contribution in [0.5, 0.6) is 17.6 Å². The van der Waals surface area contributed by atoms with Gasteiger partial charge in [-0.1, -0.05) is 29.8 Å². The smallest absolute Gasteiger partial charge is 0.421 e. The lowest BCUT2D eigenvalue weighted by Gasteiger charge is -2.23. The van der Waals surface area contributed by atoms with Gasteiger partial charge in [0.2, 0.25) is 23.5 Å². The first-order valence-electron chi connectivity index (χ1n) is 18.1. The van der Waals surface area contributed by atoms with E-state index < -0.39 is 23.7 Å². The van der Waals surface area contributed by atoms with Crippen molar-refractivity contribution in [2.24, 2.45) is 0 Å². The molecule has 5 heterocycles. The summed E-state index contributed by atoms with van der Waals surface area (Å²) in [5.41, 5.74) is 4.57. The molecule has 54 heavy (non-hydrogen) atoms. The van der Waals surface area contributed by atoms with E-state index in [2.05, 4.69) is 25.9 Å². The number of amides is 1. The quantitative estimate of drug-likeness (QED) is 0.137. The lowest BCUT2D eigenvalue weighted by atomic mass is 9.98. The van der Waals surface area contributed by atoms with E-state index in [-0.39, 0.29) is 29.9 Å². The zero-order valence-corrected chi connectivity index (χ0v) is 30.8. The molecule has 3 aromatic heterocycles. The van der Waals surface area contributed by atoms with Gasteiger partial charge in [-0.25, -0.2) is 4.98 Å². The molecule has 0 saturated carbocycles. The highest BCUT2D eigenvalue weighted by atomic mass is 35.5. The van der Waals surface area contributed by atoms with E-state index >= 15 is 0 Å². The minimum absolute atomic E-state index is 0.0291. The predicted molar refractivity (Wildman–Crippen MR) is 195 cm³/mol. The molecule has 1 amide bonds. The van der Waals surface area contributed by atoms with Crippen molar-refractivity contribution in [1.82, 2.24) is 30.9 Å². The van der Waals surface area contributed by atoms with Gasteiger partial charge in [-0.05, 0) is 67.5 Å². The Morgan fingerprint density at radius 3 is 2.46 bits per heavy atom. The Hall–Kier alpha value is -4.50. The van der Waals surface area contributed by atoms with Crippen LogP contribution in [0.3, 0.4) is 0 Å². The minimum atomic E-state index is -4.73. The van der Waals surface area contributed by atoms with Gasteiger partial charge >= 0.3 is 6.18 Å². The number of pyridine rings is 3. The third-order valence-electron chi connectivity index (χ3n) is 10.1. The molecule has 15 heteroatoms. The summed E-state index contributed by atoms with van der Waals surface area (Å²) in [7, 11) is 2.94. The number of hydrogen-bond acceptors (Lipinski definition) is 10. The number of benzene rings is 1. The number of carbonyl (C=O) groups is 1. The Morgan fingerprint density at radius 2 is 1.72 bits per heavy atom. The monoisotopic (exact) mass is 766 g/mol. The van der Waals surface area contributed by atoms with Crippen molar-refractivity contribution in [2.75, 3.05) is 34.0 Å². The van der Waals surface area contributed by atoms with Crippen molar-refractivity contribution in [3.8, 4) is 40.2 Å². The van der Waals surface area contributed by atoms with Crippen LogP contribution in [0, 0.1) is 0 Å². The fourth-order valence-electron chi connectivity index (χ4n) is 7.34. The van der Waals surface area contributed by atoms with E-state index in [0.717, 1.165) is 59.9 Å². The van der Waals surface area contributed by atoms with Crippen LogP contribution in [-0.2, 0) is 35.2 Å². The number of halogens is 4. The number of ether oxygens (including phenoxy) is 4. The third kappa shape index (κ3) is 8.41. The number of methoxy groups -OCH3 is 2. The average molecular weight is 767 g/mol. The second kappa shape index (κ2) is 16.5. The lowest BCUT2D eigenvalue weighted by molar-refractivity contribution is -0.139. The molecule has 2 atom stereocenters. The van der Waals surface area contributed by atoms with Crippen molar-refractivity contribution in [3.63, 3.8) is 0 Å². The van der Waals surface area contributed by atoms with Gasteiger partial charge < -0.3 is 34.9 Å². The number of nitrogens with one attached hydrogen (secondary N) is 3. The highest BCUT2D eigenvalue weighted by Gasteiger charge is 2.39. The number of nitrogens with zero attached hydrogens (tertiary/aromatic N) is 3. The van der Waals surface area contributed by atoms with E-state index in [0.29, 0.717) is 67.1 Å². The molecule has 286 valence electrons. The molecule has 3 N–H and O–H groups in total. The number of hydrogen-bond donors (Lipinski definition) is 3. The normalized spacial score (nSPS) is 18.7. The van der Waals surface area contributed by atoms with Crippen LogP contribution >= 0.6 is 11.6 Å². The van der Waals surface area contributed by atoms with E-state index in [4.69, 9.17) is 35.5 Å². The predicted octanol–water partition coefficient (Wildman–Crippen LogP) is 6.60. The van der Waals surface area contributed by atoms with Crippen LogP contribution in [0.4, 0.5) is 13.2 Å². The maximum atomic E-state index is 14.5. The van der Waals surface area contributed by atoms with Crippen LogP contribution in [0.1, 0.15) is 66.0 Å². The molecule has 0 radical (unpaired) electrons. The fraction of sp³-hybridized carbons (Fsp3) is 0.436. The molecule has 2 fully saturated rings. The zero-order valence-electron chi connectivity index (χ0n) is 30.0. The summed E-state index contributed by atoms with van der Waals surface area (Å²) in [5, 5.41) is 9.97. The van der Waals surface area contributed by atoms with Gasteiger partial charge in [0, 0.05) is 79.8 Å². The summed E-state index contributed by atoms with van der Waals surface area (Å²) in [4.78, 5) is 25.2. The maximum absolute atomic E-state index is 14.5. The first-order valence-corrected chi connectivity index (χ1v) is 18.4. The van der Waals surface area contributed by atoms with Crippen LogP contribution < -0.4 is 30.2 Å². The highest BCUT2D eigenvalue weighted by Crippen LogP contribution is 2.44. The first-order chi connectivity index (χ1) is 26.1. The summed E-state index contributed by atoms with van der Waals surface area (Å²) < 4.78 is 66.0. The molecule has 1 aliphatic carbocycles. The fourth-order valence-corrected chi connectivity index (χ4v) is 7.62. The van der Waals surface area contributed by atoms with Gasteiger partial charge in [0.15, 0.2) is 0 Å². The molecule has 0 bridgehead atoms. The molecular weight excluding hydrogens is 725 g/mol. The lowest BCUT2D eigenvalue weighted by Crippen LogP contribution is -2.35. The summed E-state index contributed by atoms with van der Waals surface area (Å²) >= 11 is 6.82. The molecule has 2 aliphatic heterocycles. The average Bonchev–Trinajstić information content (AvgIpc) is 3.79. The van der Waals surface area contributed by atoms with Crippen LogP contribution in [0.2, 0.25) is 5.02 Å². The third-order valence-corrected chi connectivity index (χ3v) is 10.4. The van der Waals surface area contributed by atoms with Crippen molar-refractivity contribution in [1.29, 1.82) is 0 Å². The maximum Gasteiger partial charge on any atom is 0.421 e. The second-order valence-corrected chi connectivity index (χ2v) is 14.1. The Kier molecular flexibility index (Phi) is 11.5.